The van der Waals surface area contributed by atoms with Crippen molar-refractivity contribution in [2.24, 2.45) is 5.10 Å². The lowest BCUT2D eigenvalue weighted by Crippen LogP contribution is -2.46. The molecule has 2 amide bonds. The summed E-state index contributed by atoms with van der Waals surface area (Å²) in [5.74, 6) is 1.18. The molecule has 0 aliphatic carbocycles. The van der Waals surface area contributed by atoms with Crippen LogP contribution in [0.1, 0.15) is 12.5 Å². The van der Waals surface area contributed by atoms with Gasteiger partial charge >= 0.3 is 0 Å². The number of anilines is 2. The largest absolute Gasteiger partial charge is 0.495 e. The second kappa shape index (κ2) is 14.7. The Hall–Kier alpha value is -5.36. The molecule has 0 radical (unpaired) electrons. The molecular weight excluding hydrogens is 584 g/mol. The number of benzene rings is 4. The number of hydrogen-bond acceptors (Lipinski definition) is 8. The highest BCUT2D eigenvalue weighted by Crippen LogP contribution is 2.27. The van der Waals surface area contributed by atoms with Gasteiger partial charge in [0.1, 0.15) is 29.0 Å². The van der Waals surface area contributed by atoms with E-state index in [2.05, 4.69) is 15.8 Å². The van der Waals surface area contributed by atoms with Gasteiger partial charge in [0.25, 0.3) is 11.8 Å². The molecule has 12 heteroatoms. The third-order valence-corrected chi connectivity index (χ3v) is 7.42. The zero-order valence-corrected chi connectivity index (χ0v) is 25.2. The quantitative estimate of drug-likeness (QED) is 0.163. The van der Waals surface area contributed by atoms with Gasteiger partial charge in [0.2, 0.25) is 10.0 Å². The Bertz CT molecular complexity index is 1700. The highest BCUT2D eigenvalue weighted by atomic mass is 32.2. The average molecular weight is 617 g/mol. The Morgan fingerprint density at radius 2 is 1.48 bits per heavy atom. The van der Waals surface area contributed by atoms with Gasteiger partial charge in [0.05, 0.1) is 31.0 Å². The van der Waals surface area contributed by atoms with Crippen molar-refractivity contribution in [3.05, 3.63) is 109 Å². The van der Waals surface area contributed by atoms with Crippen LogP contribution in [0.2, 0.25) is 0 Å². The maximum absolute atomic E-state index is 12.9. The van der Waals surface area contributed by atoms with Gasteiger partial charge < -0.3 is 19.5 Å². The molecule has 0 aliphatic rings. The highest BCUT2D eigenvalue weighted by Gasteiger charge is 2.29. The number of para-hydroxylation sites is 3. The fourth-order valence-electron chi connectivity index (χ4n) is 4.09. The Morgan fingerprint density at radius 1 is 0.864 bits per heavy atom. The third-order valence-electron chi connectivity index (χ3n) is 6.18. The van der Waals surface area contributed by atoms with Crippen LogP contribution >= 0.6 is 0 Å². The van der Waals surface area contributed by atoms with Crippen molar-refractivity contribution in [1.82, 2.24) is 5.43 Å². The Labute approximate surface area is 256 Å². The molecule has 2 N–H and O–H groups in total. The van der Waals surface area contributed by atoms with Crippen LogP contribution in [-0.2, 0) is 19.6 Å². The Morgan fingerprint density at radius 3 is 2.14 bits per heavy atom. The van der Waals surface area contributed by atoms with Gasteiger partial charge in [0.15, 0.2) is 6.61 Å². The minimum atomic E-state index is -3.82. The van der Waals surface area contributed by atoms with Gasteiger partial charge in [-0.05, 0) is 85.3 Å². The molecular formula is C32H32N4O7S. The standard InChI is InChI=1S/C32H32N4O7S/c1-23(36(44(3,39)40)25-15-19-28(20-16-25)43-27-9-5-4-6-10-27)32(38)35-33-21-24-13-17-26(18-14-24)42-22-31(37)34-29-11-7-8-12-30(29)41-2/h4-21,23H,22H2,1-3H3,(H,34,37)(H,35,38)/b33-21-/t23-/m1/s1. The molecule has 0 aromatic heterocycles. The molecule has 0 unspecified atom stereocenters. The number of carbonyl (C=O) groups excluding carboxylic acids is 2. The van der Waals surface area contributed by atoms with E-state index in [0.29, 0.717) is 39.9 Å². The van der Waals surface area contributed by atoms with Crippen molar-refractivity contribution in [3.63, 3.8) is 0 Å². The monoisotopic (exact) mass is 616 g/mol. The van der Waals surface area contributed by atoms with Crippen molar-refractivity contribution in [1.29, 1.82) is 0 Å². The average Bonchev–Trinajstić information content (AvgIpc) is 3.01. The number of rotatable bonds is 13. The van der Waals surface area contributed by atoms with Crippen molar-refractivity contribution in [2.75, 3.05) is 29.6 Å². The minimum Gasteiger partial charge on any atom is -0.495 e. The number of sulfonamides is 1. The number of ether oxygens (including phenoxy) is 3. The maximum Gasteiger partial charge on any atom is 0.263 e. The summed E-state index contributed by atoms with van der Waals surface area (Å²) in [5.41, 5.74) is 3.86. The van der Waals surface area contributed by atoms with Crippen LogP contribution in [-0.4, -0.2) is 52.5 Å². The van der Waals surface area contributed by atoms with Gasteiger partial charge in [-0.1, -0.05) is 30.3 Å². The summed E-state index contributed by atoms with van der Waals surface area (Å²) >= 11 is 0. The molecule has 0 saturated heterocycles. The molecule has 1 atom stereocenters. The second-order valence-electron chi connectivity index (χ2n) is 9.48. The molecule has 4 aromatic rings. The maximum atomic E-state index is 12.9. The molecule has 11 nitrogen and oxygen atoms in total. The van der Waals surface area contributed by atoms with Crippen molar-refractivity contribution < 1.29 is 32.2 Å². The van der Waals surface area contributed by atoms with E-state index in [1.54, 1.807) is 84.9 Å². The van der Waals surface area contributed by atoms with Crippen LogP contribution in [0.3, 0.4) is 0 Å². The first-order chi connectivity index (χ1) is 21.1. The van der Waals surface area contributed by atoms with Crippen molar-refractivity contribution in [2.45, 2.75) is 13.0 Å². The van der Waals surface area contributed by atoms with E-state index in [-0.39, 0.29) is 12.5 Å². The van der Waals surface area contributed by atoms with Gasteiger partial charge in [-0.25, -0.2) is 13.8 Å². The predicted octanol–water partition coefficient (Wildman–Crippen LogP) is 4.81. The number of carbonyl (C=O) groups is 2. The smallest absolute Gasteiger partial charge is 0.263 e. The Balaban J connectivity index is 1.30. The second-order valence-corrected chi connectivity index (χ2v) is 11.3. The van der Waals surface area contributed by atoms with Crippen molar-refractivity contribution in [3.8, 4) is 23.0 Å². The third kappa shape index (κ3) is 8.82. The predicted molar refractivity (Wildman–Crippen MR) is 169 cm³/mol. The molecule has 0 heterocycles. The normalized spacial score (nSPS) is 11.8. The van der Waals surface area contributed by atoms with Crippen LogP contribution in [0.4, 0.5) is 11.4 Å². The Kier molecular flexibility index (Phi) is 10.5. The fourth-order valence-corrected chi connectivity index (χ4v) is 5.27. The fraction of sp³-hybridized carbons (Fsp3) is 0.156. The van der Waals surface area contributed by atoms with Crippen LogP contribution in [0.15, 0.2) is 108 Å². The molecule has 44 heavy (non-hydrogen) atoms. The summed E-state index contributed by atoms with van der Waals surface area (Å²) in [5, 5.41) is 6.70. The van der Waals surface area contributed by atoms with E-state index in [1.165, 1.54) is 20.2 Å². The van der Waals surface area contributed by atoms with Crippen molar-refractivity contribution >= 4 is 39.4 Å². The van der Waals surface area contributed by atoms with E-state index >= 15 is 0 Å². The summed E-state index contributed by atoms with van der Waals surface area (Å²) in [6.45, 7) is 1.26. The van der Waals surface area contributed by atoms with Gasteiger partial charge in [0, 0.05) is 0 Å². The number of nitrogens with one attached hydrogen (secondary N) is 2. The summed E-state index contributed by atoms with van der Waals surface area (Å²) in [6, 6.07) is 28.2. The number of nitrogens with zero attached hydrogens (tertiary/aromatic N) is 2. The van der Waals surface area contributed by atoms with Crippen LogP contribution in [0.5, 0.6) is 23.0 Å². The molecule has 4 rings (SSSR count). The van der Waals surface area contributed by atoms with Crippen LogP contribution < -0.4 is 29.3 Å². The summed E-state index contributed by atoms with van der Waals surface area (Å²) < 4.78 is 42.8. The number of amides is 2. The molecule has 4 aromatic carbocycles. The van der Waals surface area contributed by atoms with E-state index in [4.69, 9.17) is 14.2 Å². The molecule has 0 bridgehead atoms. The lowest BCUT2D eigenvalue weighted by Gasteiger charge is -2.27. The number of hydrazone groups is 1. The van der Waals surface area contributed by atoms with E-state index in [1.807, 2.05) is 18.2 Å². The van der Waals surface area contributed by atoms with Crippen LogP contribution in [0, 0.1) is 0 Å². The SMILES string of the molecule is COc1ccccc1NC(=O)COc1ccc(/C=N\NC(=O)[C@@H](C)N(c2ccc(Oc3ccccc3)cc2)S(C)(=O)=O)cc1. The first kappa shape index (κ1) is 31.6. The summed E-state index contributed by atoms with van der Waals surface area (Å²) in [7, 11) is -2.30. The molecule has 0 saturated carbocycles. The first-order valence-corrected chi connectivity index (χ1v) is 15.3. The van der Waals surface area contributed by atoms with E-state index < -0.39 is 22.0 Å². The lowest BCUT2D eigenvalue weighted by molar-refractivity contribution is -0.121. The van der Waals surface area contributed by atoms with Gasteiger partial charge in [-0.3, -0.25) is 13.9 Å². The van der Waals surface area contributed by atoms with Gasteiger partial charge in [-0.2, -0.15) is 5.10 Å². The molecule has 0 spiro atoms. The zero-order valence-electron chi connectivity index (χ0n) is 24.3. The van der Waals surface area contributed by atoms with Gasteiger partial charge in [-0.15, -0.1) is 0 Å². The lowest BCUT2D eigenvalue weighted by atomic mass is 10.2. The minimum absolute atomic E-state index is 0.209. The molecule has 228 valence electrons. The topological polar surface area (TPSA) is 136 Å². The number of methoxy groups -OCH3 is 1. The number of hydrogen-bond donors (Lipinski definition) is 2. The van der Waals surface area contributed by atoms with E-state index in [0.717, 1.165) is 10.6 Å². The molecule has 0 aliphatic heterocycles. The highest BCUT2D eigenvalue weighted by molar-refractivity contribution is 7.92. The summed E-state index contributed by atoms with van der Waals surface area (Å²) in [6.07, 6.45) is 2.43. The molecule has 0 fully saturated rings. The zero-order chi connectivity index (χ0) is 31.5. The van der Waals surface area contributed by atoms with E-state index in [9.17, 15) is 18.0 Å². The first-order valence-electron chi connectivity index (χ1n) is 13.4. The summed E-state index contributed by atoms with van der Waals surface area (Å²) in [4.78, 5) is 25.1. The van der Waals surface area contributed by atoms with Crippen LogP contribution in [0.25, 0.3) is 0 Å².